The Balaban J connectivity index is 1.68. The zero-order valence-electron chi connectivity index (χ0n) is 16.3. The van der Waals surface area contributed by atoms with Crippen LogP contribution in [0.3, 0.4) is 0 Å². The minimum Gasteiger partial charge on any atom is -0.378 e. The van der Waals surface area contributed by atoms with Crippen molar-refractivity contribution in [3.63, 3.8) is 0 Å². The predicted molar refractivity (Wildman–Crippen MR) is 115 cm³/mol. The molecule has 144 valence electrons. The number of hydrogen-bond donors (Lipinski definition) is 1. The van der Waals surface area contributed by atoms with Gasteiger partial charge in [-0.2, -0.15) is 0 Å². The van der Waals surface area contributed by atoms with E-state index in [1.807, 2.05) is 41.9 Å². The summed E-state index contributed by atoms with van der Waals surface area (Å²) in [6.07, 6.45) is 1.78. The van der Waals surface area contributed by atoms with Gasteiger partial charge in [-0.15, -0.1) is 0 Å². The van der Waals surface area contributed by atoms with Crippen molar-refractivity contribution in [1.29, 1.82) is 0 Å². The number of nitrogens with zero attached hydrogens (tertiary/aromatic N) is 4. The van der Waals surface area contributed by atoms with Crippen LogP contribution in [0.5, 0.6) is 0 Å². The number of aromatic nitrogens is 2. The number of rotatable bonds is 5. The Morgan fingerprint density at radius 3 is 2.43 bits per heavy atom. The first-order chi connectivity index (χ1) is 13.8. The van der Waals surface area contributed by atoms with Crippen LogP contribution >= 0.6 is 0 Å². The van der Waals surface area contributed by atoms with Crippen LogP contribution in [0, 0.1) is 0 Å². The van der Waals surface area contributed by atoms with E-state index in [4.69, 9.17) is 9.72 Å². The molecule has 1 fully saturated rings. The van der Waals surface area contributed by atoms with Crippen LogP contribution in [0.4, 0.5) is 17.2 Å². The molecule has 1 aliphatic heterocycles. The summed E-state index contributed by atoms with van der Waals surface area (Å²) in [7, 11) is 3.76. The maximum atomic E-state index is 5.45. The van der Waals surface area contributed by atoms with Crippen molar-refractivity contribution in [1.82, 2.24) is 9.55 Å². The van der Waals surface area contributed by atoms with E-state index in [0.29, 0.717) is 0 Å². The molecule has 28 heavy (non-hydrogen) atoms. The maximum Gasteiger partial charge on any atom is 0.152 e. The van der Waals surface area contributed by atoms with Gasteiger partial charge in [0.15, 0.2) is 5.82 Å². The maximum absolute atomic E-state index is 5.45. The summed E-state index contributed by atoms with van der Waals surface area (Å²) in [6.45, 7) is 3.43. The number of benzene rings is 2. The quantitative estimate of drug-likeness (QED) is 0.691. The third kappa shape index (κ3) is 3.77. The SMILES string of the molecule is CN=Cc1nc(-c2ccc(N3CCOCC3)cc2)c(Nc2ccccc2)n1C. The second-order valence-electron chi connectivity index (χ2n) is 6.75. The summed E-state index contributed by atoms with van der Waals surface area (Å²) in [4.78, 5) is 11.3. The van der Waals surface area contributed by atoms with Crippen LogP contribution in [-0.2, 0) is 11.8 Å². The van der Waals surface area contributed by atoms with E-state index in [0.717, 1.165) is 54.9 Å². The third-order valence-electron chi connectivity index (χ3n) is 4.93. The Morgan fingerprint density at radius 2 is 1.75 bits per heavy atom. The molecular weight excluding hydrogens is 350 g/mol. The van der Waals surface area contributed by atoms with Gasteiger partial charge in [-0.05, 0) is 24.3 Å². The van der Waals surface area contributed by atoms with Gasteiger partial charge in [-0.1, -0.05) is 30.3 Å². The highest BCUT2D eigenvalue weighted by atomic mass is 16.5. The van der Waals surface area contributed by atoms with Crippen molar-refractivity contribution in [2.45, 2.75) is 0 Å². The first kappa shape index (κ1) is 18.3. The van der Waals surface area contributed by atoms with E-state index < -0.39 is 0 Å². The van der Waals surface area contributed by atoms with E-state index in [1.165, 1.54) is 5.69 Å². The molecule has 0 aliphatic carbocycles. The molecule has 0 bridgehead atoms. The van der Waals surface area contributed by atoms with Crippen LogP contribution in [0.2, 0.25) is 0 Å². The van der Waals surface area contributed by atoms with Crippen LogP contribution in [0.15, 0.2) is 59.6 Å². The molecule has 0 radical (unpaired) electrons. The lowest BCUT2D eigenvalue weighted by molar-refractivity contribution is 0.122. The lowest BCUT2D eigenvalue weighted by atomic mass is 10.1. The molecule has 4 rings (SSSR count). The number of anilines is 3. The van der Waals surface area contributed by atoms with Gasteiger partial charge in [-0.25, -0.2) is 4.98 Å². The molecule has 3 aromatic rings. The van der Waals surface area contributed by atoms with E-state index in [2.05, 4.69) is 39.5 Å². The lowest BCUT2D eigenvalue weighted by Crippen LogP contribution is -2.36. The Kier molecular flexibility index (Phi) is 5.39. The Labute approximate surface area is 165 Å². The van der Waals surface area contributed by atoms with Gasteiger partial charge < -0.3 is 19.5 Å². The summed E-state index contributed by atoms with van der Waals surface area (Å²) < 4.78 is 7.48. The number of imidazole rings is 1. The normalized spacial score (nSPS) is 14.6. The number of aliphatic imine (C=N–C) groups is 1. The van der Waals surface area contributed by atoms with E-state index in [9.17, 15) is 0 Å². The summed E-state index contributed by atoms with van der Waals surface area (Å²) in [6, 6.07) is 18.7. The Hall–Kier alpha value is -3.12. The molecule has 1 N–H and O–H groups in total. The predicted octanol–water partition coefficient (Wildman–Crippen LogP) is 3.72. The van der Waals surface area contributed by atoms with Crippen LogP contribution in [-0.4, -0.2) is 49.1 Å². The summed E-state index contributed by atoms with van der Waals surface area (Å²) in [5.74, 6) is 1.76. The van der Waals surface area contributed by atoms with Gasteiger partial charge in [0.25, 0.3) is 0 Å². The monoisotopic (exact) mass is 375 g/mol. The smallest absolute Gasteiger partial charge is 0.152 e. The first-order valence-corrected chi connectivity index (χ1v) is 9.50. The minimum atomic E-state index is 0.785. The van der Waals surface area contributed by atoms with Gasteiger partial charge in [0.2, 0.25) is 0 Å². The third-order valence-corrected chi connectivity index (χ3v) is 4.93. The molecule has 1 aliphatic rings. The highest BCUT2D eigenvalue weighted by Gasteiger charge is 2.17. The molecule has 1 saturated heterocycles. The highest BCUT2D eigenvalue weighted by molar-refractivity contribution is 5.84. The van der Waals surface area contributed by atoms with Gasteiger partial charge in [0.1, 0.15) is 11.5 Å². The molecule has 1 aromatic heterocycles. The molecule has 0 saturated carbocycles. The fourth-order valence-electron chi connectivity index (χ4n) is 3.40. The summed E-state index contributed by atoms with van der Waals surface area (Å²) in [5.41, 5.74) is 4.23. The number of para-hydroxylation sites is 1. The number of ether oxygens (including phenoxy) is 1. The van der Waals surface area contributed by atoms with Gasteiger partial charge in [0, 0.05) is 44.1 Å². The van der Waals surface area contributed by atoms with Crippen LogP contribution in [0.25, 0.3) is 11.3 Å². The average Bonchev–Trinajstić information content (AvgIpc) is 3.05. The minimum absolute atomic E-state index is 0.785. The fourth-order valence-corrected chi connectivity index (χ4v) is 3.40. The molecule has 6 heteroatoms. The Morgan fingerprint density at radius 1 is 1.04 bits per heavy atom. The van der Waals surface area contributed by atoms with E-state index in [-0.39, 0.29) is 0 Å². The Bertz CT molecular complexity index is 941. The molecule has 0 amide bonds. The van der Waals surface area contributed by atoms with Crippen molar-refractivity contribution in [2.24, 2.45) is 12.0 Å². The molecule has 2 aromatic carbocycles. The lowest BCUT2D eigenvalue weighted by Gasteiger charge is -2.28. The second kappa shape index (κ2) is 8.27. The van der Waals surface area contributed by atoms with Crippen molar-refractivity contribution >= 4 is 23.4 Å². The first-order valence-electron chi connectivity index (χ1n) is 9.50. The summed E-state index contributed by atoms with van der Waals surface area (Å²) in [5, 5.41) is 3.51. The molecular formula is C22H25N5O. The van der Waals surface area contributed by atoms with Crippen LogP contribution < -0.4 is 10.2 Å². The van der Waals surface area contributed by atoms with Gasteiger partial charge in [0.05, 0.1) is 19.4 Å². The van der Waals surface area contributed by atoms with Crippen molar-refractivity contribution in [2.75, 3.05) is 43.6 Å². The number of hydrogen-bond acceptors (Lipinski definition) is 5. The standard InChI is InChI=1S/C22H25N5O/c1-23-16-20-25-21(22(26(20)2)24-18-6-4-3-5-7-18)17-8-10-19(11-9-17)27-12-14-28-15-13-27/h3-11,16,24H,12-15H2,1-2H3. The van der Waals surface area contributed by atoms with Crippen molar-refractivity contribution in [3.05, 3.63) is 60.4 Å². The van der Waals surface area contributed by atoms with Gasteiger partial charge >= 0.3 is 0 Å². The number of nitrogens with one attached hydrogen (secondary N) is 1. The van der Waals surface area contributed by atoms with E-state index >= 15 is 0 Å². The molecule has 0 unspecified atom stereocenters. The zero-order valence-corrected chi connectivity index (χ0v) is 16.3. The van der Waals surface area contributed by atoms with Gasteiger partial charge in [-0.3, -0.25) is 4.99 Å². The zero-order chi connectivity index (χ0) is 19.3. The largest absolute Gasteiger partial charge is 0.378 e. The average molecular weight is 375 g/mol. The summed E-state index contributed by atoms with van der Waals surface area (Å²) >= 11 is 0. The van der Waals surface area contributed by atoms with E-state index in [1.54, 1.807) is 13.3 Å². The van der Waals surface area contributed by atoms with Crippen molar-refractivity contribution in [3.8, 4) is 11.3 Å². The molecule has 0 atom stereocenters. The highest BCUT2D eigenvalue weighted by Crippen LogP contribution is 2.31. The molecule has 6 nitrogen and oxygen atoms in total. The molecule has 0 spiro atoms. The van der Waals surface area contributed by atoms with Crippen molar-refractivity contribution < 1.29 is 4.74 Å². The van der Waals surface area contributed by atoms with Crippen LogP contribution in [0.1, 0.15) is 5.82 Å². The topological polar surface area (TPSA) is 54.7 Å². The number of morpholine rings is 1. The second-order valence-corrected chi connectivity index (χ2v) is 6.75. The fraction of sp³-hybridized carbons (Fsp3) is 0.273. The molecule has 2 heterocycles.